The van der Waals surface area contributed by atoms with Crippen molar-refractivity contribution in [2.45, 2.75) is 33.1 Å². The summed E-state index contributed by atoms with van der Waals surface area (Å²) >= 11 is 0. The van der Waals surface area contributed by atoms with Gasteiger partial charge >= 0.3 is 0 Å². The minimum Gasteiger partial charge on any atom is -0.293 e. The Morgan fingerprint density at radius 3 is 2.53 bits per heavy atom. The highest BCUT2D eigenvalue weighted by molar-refractivity contribution is 6.03. The summed E-state index contributed by atoms with van der Waals surface area (Å²) < 4.78 is 0. The van der Waals surface area contributed by atoms with Crippen molar-refractivity contribution in [1.82, 2.24) is 0 Å². The predicted octanol–water partition coefficient (Wildman–Crippen LogP) is 3.66. The molecule has 2 nitrogen and oxygen atoms in total. The van der Waals surface area contributed by atoms with Crippen molar-refractivity contribution in [3.05, 3.63) is 41.0 Å². The van der Waals surface area contributed by atoms with Gasteiger partial charge in [-0.05, 0) is 25.0 Å². The monoisotopic (exact) mass is 227 g/mol. The molecule has 0 aliphatic carbocycles. The zero-order valence-electron chi connectivity index (χ0n) is 10.4. The lowest BCUT2D eigenvalue weighted by Crippen LogP contribution is -2.00. The van der Waals surface area contributed by atoms with Gasteiger partial charge in [-0.25, -0.2) is 0 Å². The molecule has 0 aliphatic rings. The Kier molecular flexibility index (Phi) is 5.16. The van der Waals surface area contributed by atoms with Crippen LogP contribution in [0.2, 0.25) is 0 Å². The highest BCUT2D eigenvalue weighted by Crippen LogP contribution is 2.11. The largest absolute Gasteiger partial charge is 0.293 e. The summed E-state index contributed by atoms with van der Waals surface area (Å²) in [6.07, 6.45) is 3.93. The quantitative estimate of drug-likeness (QED) is 0.569. The minimum atomic E-state index is -0.0603. The van der Waals surface area contributed by atoms with Crippen LogP contribution in [-0.2, 0) is 4.79 Å². The average Bonchev–Trinajstić information content (AvgIpc) is 2.35. The number of hydrogen-bond acceptors (Lipinski definition) is 2. The molecule has 0 saturated heterocycles. The second kappa shape index (κ2) is 6.65. The second-order valence-electron chi connectivity index (χ2n) is 4.11. The molecule has 1 rings (SSSR count). The molecule has 0 aliphatic heterocycles. The Balaban J connectivity index is 2.83. The molecule has 0 saturated carbocycles. The first-order valence-electron chi connectivity index (χ1n) is 5.89. The minimum absolute atomic E-state index is 0.0603. The molecule has 1 aromatic carbocycles. The summed E-state index contributed by atoms with van der Waals surface area (Å²) in [5, 5.41) is 8.97. The van der Waals surface area contributed by atoms with Crippen LogP contribution in [0, 0.1) is 18.3 Å². The molecule has 0 unspecified atom stereocenters. The Morgan fingerprint density at radius 1 is 1.35 bits per heavy atom. The fraction of sp³-hybridized carbons (Fsp3) is 0.333. The van der Waals surface area contributed by atoms with E-state index in [0.29, 0.717) is 6.42 Å². The van der Waals surface area contributed by atoms with E-state index in [1.807, 2.05) is 44.2 Å². The number of benzene rings is 1. The van der Waals surface area contributed by atoms with Crippen LogP contribution in [0.25, 0.3) is 6.08 Å². The van der Waals surface area contributed by atoms with Crippen LogP contribution in [0.1, 0.15) is 37.3 Å². The lowest BCUT2D eigenvalue weighted by atomic mass is 10.0. The van der Waals surface area contributed by atoms with Crippen molar-refractivity contribution < 1.29 is 4.79 Å². The molecule has 1 aromatic rings. The van der Waals surface area contributed by atoms with E-state index in [1.54, 1.807) is 6.08 Å². The number of carbonyl (C=O) groups is 1. The molecule has 0 fully saturated rings. The smallest absolute Gasteiger partial charge is 0.173 e. The van der Waals surface area contributed by atoms with Gasteiger partial charge < -0.3 is 0 Å². The van der Waals surface area contributed by atoms with Crippen molar-refractivity contribution in [2.24, 2.45) is 0 Å². The lowest BCUT2D eigenvalue weighted by molar-refractivity contribution is -0.115. The molecule has 0 heterocycles. The number of rotatable bonds is 5. The number of aryl methyl sites for hydroxylation is 1. The zero-order valence-corrected chi connectivity index (χ0v) is 10.4. The number of allylic oxidation sites excluding steroid dienone is 1. The van der Waals surface area contributed by atoms with Gasteiger partial charge in [-0.1, -0.05) is 43.2 Å². The Bertz CT molecular complexity index is 449. The highest BCUT2D eigenvalue weighted by Gasteiger charge is 2.07. The maximum absolute atomic E-state index is 11.7. The van der Waals surface area contributed by atoms with Crippen LogP contribution in [-0.4, -0.2) is 5.78 Å². The number of hydrogen-bond donors (Lipinski definition) is 0. The number of Topliss-reactive ketones (excluding diaryl/α,β-unsaturated/α-hetero) is 1. The maximum atomic E-state index is 11.7. The maximum Gasteiger partial charge on any atom is 0.173 e. The standard InChI is InChI=1S/C15H17NO/c1-3-4-5-15(17)14(11-16)10-13-8-6-12(2)7-9-13/h6-10H,3-5H2,1-2H3/b14-10+. The number of carbonyl (C=O) groups excluding carboxylic acids is 1. The van der Waals surface area contributed by atoms with E-state index in [0.717, 1.165) is 24.0 Å². The fourth-order valence-corrected chi connectivity index (χ4v) is 1.48. The van der Waals surface area contributed by atoms with Crippen molar-refractivity contribution in [2.75, 3.05) is 0 Å². The van der Waals surface area contributed by atoms with Gasteiger partial charge in [0, 0.05) is 6.42 Å². The van der Waals surface area contributed by atoms with Gasteiger partial charge in [0.1, 0.15) is 6.07 Å². The van der Waals surface area contributed by atoms with Crippen LogP contribution >= 0.6 is 0 Å². The van der Waals surface area contributed by atoms with Crippen molar-refractivity contribution in [3.63, 3.8) is 0 Å². The number of unbranched alkanes of at least 4 members (excludes halogenated alkanes) is 1. The van der Waals surface area contributed by atoms with E-state index >= 15 is 0 Å². The third-order valence-corrected chi connectivity index (χ3v) is 2.57. The highest BCUT2D eigenvalue weighted by atomic mass is 16.1. The number of nitrogens with zero attached hydrogens (tertiary/aromatic N) is 1. The van der Waals surface area contributed by atoms with Gasteiger partial charge in [-0.2, -0.15) is 5.26 Å². The summed E-state index contributed by atoms with van der Waals surface area (Å²) in [4.78, 5) is 11.7. The molecule has 0 amide bonds. The van der Waals surface area contributed by atoms with E-state index in [-0.39, 0.29) is 11.4 Å². The molecular weight excluding hydrogens is 210 g/mol. The first-order chi connectivity index (χ1) is 8.17. The van der Waals surface area contributed by atoms with Crippen molar-refractivity contribution in [1.29, 1.82) is 5.26 Å². The van der Waals surface area contributed by atoms with Gasteiger partial charge in [0.05, 0.1) is 5.57 Å². The summed E-state index contributed by atoms with van der Waals surface area (Å²) in [5.41, 5.74) is 2.32. The van der Waals surface area contributed by atoms with Gasteiger partial charge in [0.2, 0.25) is 0 Å². The number of nitriles is 1. The predicted molar refractivity (Wildman–Crippen MR) is 69.3 cm³/mol. The van der Waals surface area contributed by atoms with Crippen LogP contribution in [0.4, 0.5) is 0 Å². The molecule has 0 radical (unpaired) electrons. The first kappa shape index (κ1) is 13.2. The molecule has 0 aromatic heterocycles. The molecule has 0 atom stereocenters. The van der Waals surface area contributed by atoms with Gasteiger partial charge in [0.15, 0.2) is 5.78 Å². The summed E-state index contributed by atoms with van der Waals surface area (Å²) in [5.74, 6) is -0.0603. The van der Waals surface area contributed by atoms with Crippen LogP contribution in [0.5, 0.6) is 0 Å². The van der Waals surface area contributed by atoms with Crippen molar-refractivity contribution in [3.8, 4) is 6.07 Å². The van der Waals surface area contributed by atoms with E-state index in [4.69, 9.17) is 5.26 Å². The third-order valence-electron chi connectivity index (χ3n) is 2.57. The normalized spacial score (nSPS) is 11.0. The summed E-state index contributed by atoms with van der Waals surface area (Å²) in [6, 6.07) is 9.76. The van der Waals surface area contributed by atoms with Crippen LogP contribution < -0.4 is 0 Å². The molecule has 88 valence electrons. The van der Waals surface area contributed by atoms with Crippen LogP contribution in [0.3, 0.4) is 0 Å². The zero-order chi connectivity index (χ0) is 12.7. The van der Waals surface area contributed by atoms with E-state index < -0.39 is 0 Å². The van der Waals surface area contributed by atoms with Crippen molar-refractivity contribution >= 4 is 11.9 Å². The third kappa shape index (κ3) is 4.24. The SMILES string of the molecule is CCCCC(=O)/C(C#N)=C/c1ccc(C)cc1. The Hall–Kier alpha value is -1.88. The second-order valence-corrected chi connectivity index (χ2v) is 4.11. The molecule has 2 heteroatoms. The Morgan fingerprint density at radius 2 is 2.00 bits per heavy atom. The number of ketones is 1. The molecule has 0 N–H and O–H groups in total. The summed E-state index contributed by atoms with van der Waals surface area (Å²) in [6.45, 7) is 4.04. The topological polar surface area (TPSA) is 40.9 Å². The summed E-state index contributed by atoms with van der Waals surface area (Å²) in [7, 11) is 0. The van der Waals surface area contributed by atoms with E-state index in [1.165, 1.54) is 0 Å². The van der Waals surface area contributed by atoms with Crippen LogP contribution in [0.15, 0.2) is 29.8 Å². The molecule has 0 bridgehead atoms. The fourth-order valence-electron chi connectivity index (χ4n) is 1.48. The molecular formula is C15H17NO. The van der Waals surface area contributed by atoms with E-state index in [9.17, 15) is 4.79 Å². The molecule has 0 spiro atoms. The first-order valence-corrected chi connectivity index (χ1v) is 5.89. The Labute approximate surface area is 103 Å². The van der Waals surface area contributed by atoms with Gasteiger partial charge in [-0.3, -0.25) is 4.79 Å². The lowest BCUT2D eigenvalue weighted by Gasteiger charge is -1.99. The van der Waals surface area contributed by atoms with E-state index in [2.05, 4.69) is 0 Å². The molecule has 17 heavy (non-hydrogen) atoms. The van der Waals surface area contributed by atoms with Gasteiger partial charge in [-0.15, -0.1) is 0 Å². The average molecular weight is 227 g/mol. The van der Waals surface area contributed by atoms with Gasteiger partial charge in [0.25, 0.3) is 0 Å².